The van der Waals surface area contributed by atoms with Crippen LogP contribution in [-0.4, -0.2) is 30.0 Å². The van der Waals surface area contributed by atoms with Crippen LogP contribution < -0.4 is 4.90 Å². The first-order valence-electron chi connectivity index (χ1n) is 7.40. The normalized spacial score (nSPS) is 10.2. The van der Waals surface area contributed by atoms with Gasteiger partial charge in [-0.2, -0.15) is 0 Å². The van der Waals surface area contributed by atoms with Gasteiger partial charge >= 0.3 is 5.97 Å². The molecule has 0 unspecified atom stereocenters. The molecule has 8 heteroatoms. The second-order valence-electron chi connectivity index (χ2n) is 4.98. The van der Waals surface area contributed by atoms with Crippen molar-refractivity contribution >= 4 is 23.3 Å². The number of carbonyl (C=O) groups excluding carboxylic acids is 2. The van der Waals surface area contributed by atoms with Gasteiger partial charge in [0.2, 0.25) is 0 Å². The molecule has 0 radical (unpaired) electrons. The lowest BCUT2D eigenvalue weighted by Gasteiger charge is -2.22. The van der Waals surface area contributed by atoms with E-state index >= 15 is 0 Å². The summed E-state index contributed by atoms with van der Waals surface area (Å²) in [5, 5.41) is 10.7. The van der Waals surface area contributed by atoms with E-state index in [9.17, 15) is 24.1 Å². The first-order chi connectivity index (χ1) is 11.9. The number of carbonyl (C=O) groups is 2. The number of hydrogen-bond donors (Lipinski definition) is 0. The number of rotatable bonds is 6. The average molecular weight is 346 g/mol. The van der Waals surface area contributed by atoms with Crippen LogP contribution >= 0.6 is 0 Å². The van der Waals surface area contributed by atoms with Gasteiger partial charge in [0, 0.05) is 23.4 Å². The highest BCUT2D eigenvalue weighted by Gasteiger charge is 2.22. The molecular formula is C17H15FN2O5. The molecule has 130 valence electrons. The molecule has 0 atom stereocenters. The van der Waals surface area contributed by atoms with E-state index in [4.69, 9.17) is 4.74 Å². The number of hydrogen-bond acceptors (Lipinski definition) is 5. The Hall–Kier alpha value is -3.29. The lowest BCUT2D eigenvalue weighted by atomic mass is 10.1. The van der Waals surface area contributed by atoms with Crippen molar-refractivity contribution in [3.63, 3.8) is 0 Å². The zero-order valence-corrected chi connectivity index (χ0v) is 13.3. The smallest absolute Gasteiger partial charge is 0.326 e. The summed E-state index contributed by atoms with van der Waals surface area (Å²) in [4.78, 5) is 35.8. The van der Waals surface area contributed by atoms with E-state index in [2.05, 4.69) is 0 Å². The minimum Gasteiger partial charge on any atom is -0.465 e. The van der Waals surface area contributed by atoms with Crippen molar-refractivity contribution in [3.05, 3.63) is 70.0 Å². The molecule has 0 aliphatic heterocycles. The molecule has 25 heavy (non-hydrogen) atoms. The molecule has 0 N–H and O–H groups in total. The van der Waals surface area contributed by atoms with Gasteiger partial charge in [0.05, 0.1) is 11.5 Å². The van der Waals surface area contributed by atoms with Gasteiger partial charge < -0.3 is 4.74 Å². The van der Waals surface area contributed by atoms with E-state index < -0.39 is 22.6 Å². The highest BCUT2D eigenvalue weighted by atomic mass is 19.1. The fraction of sp³-hybridized carbons (Fsp3) is 0.176. The van der Waals surface area contributed by atoms with Crippen LogP contribution in [0.4, 0.5) is 15.8 Å². The maximum atomic E-state index is 13.0. The summed E-state index contributed by atoms with van der Waals surface area (Å²) in [5.41, 5.74) is 0.311. The molecule has 2 aromatic rings. The number of amides is 1. The number of nitro groups is 1. The predicted molar refractivity (Wildman–Crippen MR) is 87.8 cm³/mol. The number of esters is 1. The van der Waals surface area contributed by atoms with Gasteiger partial charge in [0.25, 0.3) is 11.6 Å². The molecule has 0 aliphatic carbocycles. The van der Waals surface area contributed by atoms with Crippen molar-refractivity contribution in [2.45, 2.75) is 6.92 Å². The molecule has 0 fully saturated rings. The molecule has 0 aromatic heterocycles. The number of halogens is 1. The summed E-state index contributed by atoms with van der Waals surface area (Å²) < 4.78 is 17.9. The molecule has 0 saturated heterocycles. The van der Waals surface area contributed by atoms with Gasteiger partial charge in [-0.3, -0.25) is 24.6 Å². The molecule has 0 heterocycles. The Labute approximate surface area is 142 Å². The Morgan fingerprint density at radius 3 is 2.24 bits per heavy atom. The number of nitro benzene ring substituents is 1. The van der Waals surface area contributed by atoms with Crippen molar-refractivity contribution in [3.8, 4) is 0 Å². The van der Waals surface area contributed by atoms with E-state index in [1.165, 1.54) is 36.4 Å². The van der Waals surface area contributed by atoms with Crippen LogP contribution in [0.3, 0.4) is 0 Å². The van der Waals surface area contributed by atoms with Crippen LogP contribution in [0.5, 0.6) is 0 Å². The van der Waals surface area contributed by atoms with Crippen LogP contribution in [0.15, 0.2) is 48.5 Å². The monoisotopic (exact) mass is 346 g/mol. The second-order valence-corrected chi connectivity index (χ2v) is 4.98. The Morgan fingerprint density at radius 1 is 1.12 bits per heavy atom. The third-order valence-electron chi connectivity index (χ3n) is 3.30. The van der Waals surface area contributed by atoms with E-state index in [1.54, 1.807) is 6.92 Å². The molecule has 7 nitrogen and oxygen atoms in total. The minimum atomic E-state index is -0.628. The first kappa shape index (κ1) is 18.1. The average Bonchev–Trinajstić information content (AvgIpc) is 2.60. The highest BCUT2D eigenvalue weighted by Crippen LogP contribution is 2.21. The number of non-ortho nitro benzene ring substituents is 1. The predicted octanol–water partition coefficient (Wildman–Crippen LogP) is 2.94. The van der Waals surface area contributed by atoms with Gasteiger partial charge in [-0.25, -0.2) is 4.39 Å². The second kappa shape index (κ2) is 8.00. The summed E-state index contributed by atoms with van der Waals surface area (Å²) in [6.07, 6.45) is 0. The quantitative estimate of drug-likeness (QED) is 0.456. The molecular weight excluding hydrogens is 331 g/mol. The minimum absolute atomic E-state index is 0.144. The molecule has 0 aliphatic rings. The van der Waals surface area contributed by atoms with E-state index in [0.717, 1.165) is 17.0 Å². The van der Waals surface area contributed by atoms with Crippen molar-refractivity contribution in [2.75, 3.05) is 18.1 Å². The van der Waals surface area contributed by atoms with Gasteiger partial charge in [0.15, 0.2) is 0 Å². The third kappa shape index (κ3) is 4.60. The SMILES string of the molecule is CCOC(=O)CN(C(=O)c1ccc(F)cc1)c1ccc([N+](=O)[O-])cc1. The molecule has 2 rings (SSSR count). The Bertz CT molecular complexity index is 775. The summed E-state index contributed by atoms with van der Waals surface area (Å²) >= 11 is 0. The first-order valence-corrected chi connectivity index (χ1v) is 7.40. The van der Waals surface area contributed by atoms with Crippen molar-refractivity contribution in [2.24, 2.45) is 0 Å². The molecule has 1 amide bonds. The molecule has 2 aromatic carbocycles. The van der Waals surface area contributed by atoms with Crippen LogP contribution in [0.1, 0.15) is 17.3 Å². The maximum absolute atomic E-state index is 13.0. The summed E-state index contributed by atoms with van der Waals surface area (Å²) in [6, 6.07) is 10.0. The van der Waals surface area contributed by atoms with Crippen LogP contribution in [-0.2, 0) is 9.53 Å². The highest BCUT2D eigenvalue weighted by molar-refractivity contribution is 6.08. The van der Waals surface area contributed by atoms with Crippen molar-refractivity contribution in [1.82, 2.24) is 0 Å². The van der Waals surface area contributed by atoms with Crippen LogP contribution in [0.2, 0.25) is 0 Å². The number of benzene rings is 2. The van der Waals surface area contributed by atoms with E-state index in [0.29, 0.717) is 0 Å². The van der Waals surface area contributed by atoms with Gasteiger partial charge in [-0.15, -0.1) is 0 Å². The fourth-order valence-electron chi connectivity index (χ4n) is 2.12. The lowest BCUT2D eigenvalue weighted by molar-refractivity contribution is -0.384. The van der Waals surface area contributed by atoms with E-state index in [-0.39, 0.29) is 30.1 Å². The van der Waals surface area contributed by atoms with Gasteiger partial charge in [0.1, 0.15) is 12.4 Å². The van der Waals surface area contributed by atoms with Crippen LogP contribution in [0, 0.1) is 15.9 Å². The van der Waals surface area contributed by atoms with Crippen molar-refractivity contribution in [1.29, 1.82) is 0 Å². The Balaban J connectivity index is 2.34. The standard InChI is InChI=1S/C17H15FN2O5/c1-2-25-16(21)11-19(14-7-9-15(10-8-14)20(23)24)17(22)12-3-5-13(18)6-4-12/h3-10H,2,11H2,1H3. The van der Waals surface area contributed by atoms with Crippen LogP contribution in [0.25, 0.3) is 0 Å². The number of anilines is 1. The Kier molecular flexibility index (Phi) is 5.78. The van der Waals surface area contributed by atoms with Gasteiger partial charge in [-0.05, 0) is 43.3 Å². The maximum Gasteiger partial charge on any atom is 0.326 e. The summed E-state index contributed by atoms with van der Waals surface area (Å²) in [5.74, 6) is -1.68. The van der Waals surface area contributed by atoms with Gasteiger partial charge in [-0.1, -0.05) is 0 Å². The molecule has 0 bridgehead atoms. The molecule has 0 spiro atoms. The molecule has 0 saturated carbocycles. The zero-order valence-electron chi connectivity index (χ0n) is 13.3. The van der Waals surface area contributed by atoms with Crippen molar-refractivity contribution < 1.29 is 23.6 Å². The lowest BCUT2D eigenvalue weighted by Crippen LogP contribution is -2.36. The summed E-state index contributed by atoms with van der Waals surface area (Å²) in [7, 11) is 0. The fourth-order valence-corrected chi connectivity index (χ4v) is 2.12. The Morgan fingerprint density at radius 2 is 1.72 bits per heavy atom. The summed E-state index contributed by atoms with van der Waals surface area (Å²) in [6.45, 7) is 1.41. The zero-order chi connectivity index (χ0) is 18.4. The number of ether oxygens (including phenoxy) is 1. The topological polar surface area (TPSA) is 89.8 Å². The van der Waals surface area contributed by atoms with E-state index in [1.807, 2.05) is 0 Å². The third-order valence-corrected chi connectivity index (χ3v) is 3.30. The number of nitrogens with zero attached hydrogens (tertiary/aromatic N) is 2. The largest absolute Gasteiger partial charge is 0.465 e.